The van der Waals surface area contributed by atoms with Gasteiger partial charge in [-0.1, -0.05) is 0 Å². The first-order chi connectivity index (χ1) is 9.29. The zero-order valence-electron chi connectivity index (χ0n) is 10.5. The van der Waals surface area contributed by atoms with Gasteiger partial charge in [0.15, 0.2) is 0 Å². The van der Waals surface area contributed by atoms with Crippen molar-refractivity contribution in [1.82, 2.24) is 4.90 Å². The maximum absolute atomic E-state index is 13.6. The Kier molecular flexibility index (Phi) is 3.99. The lowest BCUT2D eigenvalue weighted by molar-refractivity contribution is -0.142. The molecule has 0 aromatic heterocycles. The summed E-state index contributed by atoms with van der Waals surface area (Å²) in [5, 5.41) is 9.00. The summed E-state index contributed by atoms with van der Waals surface area (Å²) >= 11 is 0. The highest BCUT2D eigenvalue weighted by atomic mass is 19.4. The van der Waals surface area contributed by atoms with Crippen LogP contribution in [0, 0.1) is 5.82 Å². The van der Waals surface area contributed by atoms with Gasteiger partial charge in [-0.05, 0) is 37.6 Å². The minimum absolute atomic E-state index is 0.132. The van der Waals surface area contributed by atoms with Gasteiger partial charge in [-0.15, -0.1) is 0 Å². The molecule has 0 spiro atoms. The smallest absolute Gasteiger partial charge is 0.416 e. The molecule has 1 atom stereocenters. The molecule has 1 aliphatic heterocycles. The van der Waals surface area contributed by atoms with Crippen LogP contribution in [0.5, 0.6) is 0 Å². The van der Waals surface area contributed by atoms with E-state index in [0.29, 0.717) is 25.5 Å². The van der Waals surface area contributed by atoms with Gasteiger partial charge in [0.05, 0.1) is 5.56 Å². The molecular weight excluding hydrogens is 278 g/mol. The fraction of sp³-hybridized carbons (Fsp3) is 0.462. The normalized spacial score (nSPS) is 20.3. The van der Waals surface area contributed by atoms with E-state index in [9.17, 15) is 22.4 Å². The van der Waals surface area contributed by atoms with Crippen LogP contribution in [-0.4, -0.2) is 28.6 Å². The van der Waals surface area contributed by atoms with Crippen molar-refractivity contribution in [2.24, 2.45) is 0 Å². The van der Waals surface area contributed by atoms with Crippen LogP contribution in [0.1, 0.15) is 24.0 Å². The van der Waals surface area contributed by atoms with Crippen LogP contribution in [0.3, 0.4) is 0 Å². The number of rotatable bonds is 3. The van der Waals surface area contributed by atoms with Crippen LogP contribution in [0.2, 0.25) is 0 Å². The van der Waals surface area contributed by atoms with Gasteiger partial charge in [-0.2, -0.15) is 13.2 Å². The number of carboxylic acids is 1. The van der Waals surface area contributed by atoms with Gasteiger partial charge in [0, 0.05) is 12.1 Å². The molecule has 0 radical (unpaired) electrons. The van der Waals surface area contributed by atoms with Gasteiger partial charge in [-0.3, -0.25) is 9.69 Å². The Morgan fingerprint density at radius 2 is 2.10 bits per heavy atom. The lowest BCUT2D eigenvalue weighted by atomic mass is 10.1. The summed E-state index contributed by atoms with van der Waals surface area (Å²) in [5.74, 6) is -1.79. The van der Waals surface area contributed by atoms with Gasteiger partial charge in [0.2, 0.25) is 0 Å². The summed E-state index contributed by atoms with van der Waals surface area (Å²) in [6, 6.07) is 1.43. The van der Waals surface area contributed by atoms with Crippen LogP contribution in [0.15, 0.2) is 18.2 Å². The van der Waals surface area contributed by atoms with Crippen LogP contribution >= 0.6 is 0 Å². The highest BCUT2D eigenvalue weighted by molar-refractivity contribution is 5.73. The molecule has 1 fully saturated rings. The first-order valence-corrected chi connectivity index (χ1v) is 6.11. The fourth-order valence-electron chi connectivity index (χ4n) is 2.39. The van der Waals surface area contributed by atoms with Crippen molar-refractivity contribution in [1.29, 1.82) is 0 Å². The largest absolute Gasteiger partial charge is 0.480 e. The number of aliphatic carboxylic acids is 1. The molecule has 0 bridgehead atoms. The van der Waals surface area contributed by atoms with E-state index in [1.165, 1.54) is 4.90 Å². The molecule has 1 saturated heterocycles. The minimum atomic E-state index is -4.54. The quantitative estimate of drug-likeness (QED) is 0.871. The number of alkyl halides is 3. The van der Waals surface area contributed by atoms with E-state index in [2.05, 4.69) is 0 Å². The SMILES string of the molecule is O=C(O)[C@@H]1CCCN1Cc1cc(C(F)(F)F)ccc1F. The monoisotopic (exact) mass is 291 g/mol. The van der Waals surface area contributed by atoms with Crippen LogP contribution in [-0.2, 0) is 17.5 Å². The zero-order valence-corrected chi connectivity index (χ0v) is 10.5. The van der Waals surface area contributed by atoms with Crippen molar-refractivity contribution in [3.8, 4) is 0 Å². The van der Waals surface area contributed by atoms with Crippen molar-refractivity contribution in [3.05, 3.63) is 35.1 Å². The molecule has 110 valence electrons. The maximum Gasteiger partial charge on any atom is 0.416 e. The van der Waals surface area contributed by atoms with Crippen LogP contribution < -0.4 is 0 Å². The first kappa shape index (κ1) is 14.8. The lowest BCUT2D eigenvalue weighted by Crippen LogP contribution is -2.35. The van der Waals surface area contributed by atoms with E-state index in [4.69, 9.17) is 5.11 Å². The van der Waals surface area contributed by atoms with Crippen molar-refractivity contribution >= 4 is 5.97 Å². The second-order valence-corrected chi connectivity index (χ2v) is 4.77. The standard InChI is InChI=1S/C13H13F4NO2/c14-10-4-3-9(13(15,16)17)6-8(10)7-18-5-1-2-11(18)12(19)20/h3-4,6,11H,1-2,5,7H2,(H,19,20)/t11-/m0/s1. The Hall–Kier alpha value is -1.63. The number of carboxylic acid groups (broad SMARTS) is 1. The Morgan fingerprint density at radius 3 is 2.70 bits per heavy atom. The summed E-state index contributed by atoms with van der Waals surface area (Å²) in [5.41, 5.74) is -1.06. The highest BCUT2D eigenvalue weighted by Crippen LogP contribution is 2.31. The zero-order chi connectivity index (χ0) is 14.9. The molecular formula is C13H13F4NO2. The molecule has 7 heteroatoms. The average Bonchev–Trinajstić information content (AvgIpc) is 2.78. The average molecular weight is 291 g/mol. The summed E-state index contributed by atoms with van der Waals surface area (Å²) in [6.45, 7) is 0.305. The van der Waals surface area contributed by atoms with Crippen LogP contribution in [0.4, 0.5) is 17.6 Å². The number of benzene rings is 1. The van der Waals surface area contributed by atoms with Gasteiger partial charge < -0.3 is 5.11 Å². The first-order valence-electron chi connectivity index (χ1n) is 6.11. The molecule has 1 aromatic carbocycles. The molecule has 20 heavy (non-hydrogen) atoms. The summed E-state index contributed by atoms with van der Waals surface area (Å²) in [6.07, 6.45) is -3.48. The molecule has 3 nitrogen and oxygen atoms in total. The maximum atomic E-state index is 13.6. The number of halogens is 4. The van der Waals surface area contributed by atoms with Gasteiger partial charge >= 0.3 is 12.1 Å². The van der Waals surface area contributed by atoms with E-state index in [-0.39, 0.29) is 12.1 Å². The van der Waals surface area contributed by atoms with Gasteiger partial charge in [0.25, 0.3) is 0 Å². The van der Waals surface area contributed by atoms with Crippen molar-refractivity contribution in [2.75, 3.05) is 6.54 Å². The predicted octanol–water partition coefficient (Wildman–Crippen LogP) is 2.89. The van der Waals surface area contributed by atoms with Gasteiger partial charge in [-0.25, -0.2) is 4.39 Å². The molecule has 0 amide bonds. The summed E-state index contributed by atoms with van der Waals surface area (Å²) in [4.78, 5) is 12.5. The molecule has 1 N–H and O–H groups in total. The molecule has 1 aliphatic rings. The van der Waals surface area contributed by atoms with Crippen molar-refractivity contribution in [2.45, 2.75) is 31.6 Å². The topological polar surface area (TPSA) is 40.5 Å². The number of likely N-dealkylation sites (tertiary alicyclic amines) is 1. The number of nitrogens with zero attached hydrogens (tertiary/aromatic N) is 1. The third kappa shape index (κ3) is 3.09. The third-order valence-corrected chi connectivity index (χ3v) is 3.40. The Morgan fingerprint density at radius 1 is 1.40 bits per heavy atom. The second-order valence-electron chi connectivity index (χ2n) is 4.77. The highest BCUT2D eigenvalue weighted by Gasteiger charge is 2.33. The van der Waals surface area contributed by atoms with Crippen molar-refractivity contribution in [3.63, 3.8) is 0 Å². The predicted molar refractivity (Wildman–Crippen MR) is 62.5 cm³/mol. The summed E-state index contributed by atoms with van der Waals surface area (Å²) in [7, 11) is 0. The Balaban J connectivity index is 2.22. The molecule has 0 aliphatic carbocycles. The van der Waals surface area contributed by atoms with Gasteiger partial charge in [0.1, 0.15) is 11.9 Å². The second kappa shape index (κ2) is 5.40. The number of carbonyl (C=O) groups is 1. The minimum Gasteiger partial charge on any atom is -0.480 e. The lowest BCUT2D eigenvalue weighted by Gasteiger charge is -2.21. The molecule has 0 unspecified atom stereocenters. The van der Waals surface area contributed by atoms with E-state index in [1.54, 1.807) is 0 Å². The number of hydrogen-bond donors (Lipinski definition) is 1. The molecule has 1 aromatic rings. The Bertz CT molecular complexity index is 516. The van der Waals surface area contributed by atoms with E-state index >= 15 is 0 Å². The Labute approximate surface area is 112 Å². The number of hydrogen-bond acceptors (Lipinski definition) is 2. The van der Waals surface area contributed by atoms with E-state index in [1.807, 2.05) is 0 Å². The molecule has 0 saturated carbocycles. The molecule has 2 rings (SSSR count). The van der Waals surface area contributed by atoms with E-state index in [0.717, 1.165) is 12.1 Å². The summed E-state index contributed by atoms with van der Waals surface area (Å²) < 4.78 is 51.4. The van der Waals surface area contributed by atoms with E-state index < -0.39 is 29.6 Å². The molecule has 1 heterocycles. The van der Waals surface area contributed by atoms with Crippen LogP contribution in [0.25, 0.3) is 0 Å². The third-order valence-electron chi connectivity index (χ3n) is 3.40. The van der Waals surface area contributed by atoms with Crippen molar-refractivity contribution < 1.29 is 27.5 Å². The fourth-order valence-corrected chi connectivity index (χ4v) is 2.39.